The van der Waals surface area contributed by atoms with Crippen LogP contribution in [0, 0.1) is 3.57 Å². The number of halogens is 1. The van der Waals surface area contributed by atoms with E-state index < -0.39 is 5.97 Å². The van der Waals surface area contributed by atoms with E-state index in [1.807, 2.05) is 42.5 Å². The summed E-state index contributed by atoms with van der Waals surface area (Å²) < 4.78 is 6.06. The molecule has 0 aliphatic carbocycles. The van der Waals surface area contributed by atoms with Crippen molar-refractivity contribution in [1.29, 1.82) is 0 Å². The lowest BCUT2D eigenvalue weighted by atomic mass is 10.0. The first-order chi connectivity index (χ1) is 11.1. The van der Waals surface area contributed by atoms with Crippen LogP contribution in [0.3, 0.4) is 0 Å². The lowest BCUT2D eigenvalue weighted by Gasteiger charge is -2.06. The normalized spacial score (nSPS) is 10.5. The number of rotatable bonds is 4. The van der Waals surface area contributed by atoms with Crippen molar-refractivity contribution in [3.8, 4) is 0 Å². The van der Waals surface area contributed by atoms with Crippen molar-refractivity contribution in [2.45, 2.75) is 0 Å². The first-order valence-corrected chi connectivity index (χ1v) is 8.16. The number of hydrogen-bond acceptors (Lipinski definition) is 3. The van der Waals surface area contributed by atoms with E-state index in [-0.39, 0.29) is 12.4 Å². The van der Waals surface area contributed by atoms with Crippen LogP contribution in [0.25, 0.3) is 10.8 Å². The average molecular weight is 416 g/mol. The number of carbonyl (C=O) groups is 2. The molecule has 0 bridgehead atoms. The number of hydrogen-bond donors (Lipinski definition) is 0. The Kier molecular flexibility index (Phi) is 4.71. The maximum atomic E-state index is 12.2. The molecule has 0 saturated carbocycles. The summed E-state index contributed by atoms with van der Waals surface area (Å²) in [5.41, 5.74) is 0.988. The zero-order chi connectivity index (χ0) is 16.2. The zero-order valence-electron chi connectivity index (χ0n) is 12.2. The van der Waals surface area contributed by atoms with Crippen molar-refractivity contribution in [2.24, 2.45) is 0 Å². The molecule has 0 aliphatic rings. The van der Waals surface area contributed by atoms with Crippen molar-refractivity contribution < 1.29 is 14.3 Å². The molecule has 0 aliphatic heterocycles. The Morgan fingerprint density at radius 1 is 0.826 bits per heavy atom. The summed E-state index contributed by atoms with van der Waals surface area (Å²) in [5, 5.41) is 2.06. The molecule has 0 saturated heterocycles. The quantitative estimate of drug-likeness (QED) is 0.358. The van der Waals surface area contributed by atoms with Crippen LogP contribution < -0.4 is 0 Å². The summed E-state index contributed by atoms with van der Waals surface area (Å²) in [6.45, 7) is -0.261. The van der Waals surface area contributed by atoms with Crippen molar-refractivity contribution in [3.63, 3.8) is 0 Å². The van der Waals surface area contributed by atoms with Crippen LogP contribution in [-0.4, -0.2) is 18.4 Å². The van der Waals surface area contributed by atoms with E-state index >= 15 is 0 Å². The predicted molar refractivity (Wildman–Crippen MR) is 97.7 cm³/mol. The highest BCUT2D eigenvalue weighted by Crippen LogP contribution is 2.16. The van der Waals surface area contributed by atoms with Gasteiger partial charge in [0.2, 0.25) is 0 Å². The van der Waals surface area contributed by atoms with E-state index in [2.05, 4.69) is 22.6 Å². The molecule has 23 heavy (non-hydrogen) atoms. The predicted octanol–water partition coefficient (Wildman–Crippen LogP) is 4.48. The Bertz CT molecular complexity index is 886. The van der Waals surface area contributed by atoms with Gasteiger partial charge in [0.05, 0.1) is 5.56 Å². The molecule has 0 N–H and O–H groups in total. The smallest absolute Gasteiger partial charge is 0.338 e. The number of carbonyl (C=O) groups excluding carboxylic acids is 2. The highest BCUT2D eigenvalue weighted by molar-refractivity contribution is 14.1. The maximum Gasteiger partial charge on any atom is 0.338 e. The second kappa shape index (κ2) is 6.91. The van der Waals surface area contributed by atoms with Gasteiger partial charge in [-0.25, -0.2) is 4.79 Å². The monoisotopic (exact) mass is 416 g/mol. The third-order valence-electron chi connectivity index (χ3n) is 3.47. The van der Waals surface area contributed by atoms with E-state index in [1.54, 1.807) is 24.3 Å². The van der Waals surface area contributed by atoms with Crippen LogP contribution in [0.4, 0.5) is 0 Å². The Morgan fingerprint density at radius 2 is 1.61 bits per heavy atom. The van der Waals surface area contributed by atoms with Crippen LogP contribution >= 0.6 is 22.6 Å². The van der Waals surface area contributed by atoms with Gasteiger partial charge in [0.25, 0.3) is 0 Å². The van der Waals surface area contributed by atoms with E-state index in [0.717, 1.165) is 14.3 Å². The van der Waals surface area contributed by atoms with Gasteiger partial charge in [-0.1, -0.05) is 42.5 Å². The van der Waals surface area contributed by atoms with Gasteiger partial charge in [-0.05, 0) is 57.6 Å². The third kappa shape index (κ3) is 3.76. The number of esters is 1. The van der Waals surface area contributed by atoms with Crippen LogP contribution in [0.5, 0.6) is 0 Å². The van der Waals surface area contributed by atoms with E-state index in [1.165, 1.54) is 0 Å². The average Bonchev–Trinajstić information content (AvgIpc) is 2.59. The van der Waals surface area contributed by atoms with Crippen LogP contribution in [-0.2, 0) is 4.74 Å². The highest BCUT2D eigenvalue weighted by atomic mass is 127. The zero-order valence-corrected chi connectivity index (χ0v) is 14.3. The fourth-order valence-electron chi connectivity index (χ4n) is 2.28. The molecule has 4 heteroatoms. The molecule has 0 heterocycles. The summed E-state index contributed by atoms with van der Waals surface area (Å²) in [6, 6.07) is 20.3. The van der Waals surface area contributed by atoms with E-state index in [0.29, 0.717) is 11.1 Å². The Morgan fingerprint density at radius 3 is 2.39 bits per heavy atom. The number of Topliss-reactive ketones (excluding diaryl/α,β-unsaturated/α-hetero) is 1. The van der Waals surface area contributed by atoms with Gasteiger partial charge in [-0.2, -0.15) is 0 Å². The molecule has 3 aromatic rings. The molecule has 0 unspecified atom stereocenters. The molecule has 0 atom stereocenters. The fourth-order valence-corrected chi connectivity index (χ4v) is 2.82. The van der Waals surface area contributed by atoms with Gasteiger partial charge in [0.1, 0.15) is 0 Å². The molecule has 0 amide bonds. The largest absolute Gasteiger partial charge is 0.454 e. The lowest BCUT2D eigenvalue weighted by molar-refractivity contribution is 0.0474. The van der Waals surface area contributed by atoms with Crippen molar-refractivity contribution in [1.82, 2.24) is 0 Å². The highest BCUT2D eigenvalue weighted by Gasteiger charge is 2.12. The lowest BCUT2D eigenvalue weighted by Crippen LogP contribution is -2.14. The van der Waals surface area contributed by atoms with Gasteiger partial charge in [-0.15, -0.1) is 0 Å². The Hall–Kier alpha value is -2.21. The molecule has 3 nitrogen and oxygen atoms in total. The summed E-state index contributed by atoms with van der Waals surface area (Å²) in [7, 11) is 0. The molecule has 114 valence electrons. The minimum atomic E-state index is -0.488. The molecule has 0 radical (unpaired) electrons. The summed E-state index contributed by atoms with van der Waals surface area (Å²) in [4.78, 5) is 24.2. The molecule has 0 spiro atoms. The molecular weight excluding hydrogens is 403 g/mol. The number of benzene rings is 3. The third-order valence-corrected chi connectivity index (χ3v) is 4.14. The molecule has 3 rings (SSSR count). The van der Waals surface area contributed by atoms with Crippen LogP contribution in [0.2, 0.25) is 0 Å². The van der Waals surface area contributed by atoms with Gasteiger partial charge < -0.3 is 4.74 Å². The molecule has 0 fully saturated rings. The molecule has 3 aromatic carbocycles. The van der Waals surface area contributed by atoms with Gasteiger partial charge in [0, 0.05) is 9.13 Å². The second-order valence-corrected chi connectivity index (χ2v) is 6.32. The van der Waals surface area contributed by atoms with Crippen molar-refractivity contribution in [2.75, 3.05) is 6.61 Å². The van der Waals surface area contributed by atoms with Gasteiger partial charge in [0.15, 0.2) is 12.4 Å². The maximum absolute atomic E-state index is 12.2. The van der Waals surface area contributed by atoms with Crippen molar-refractivity contribution in [3.05, 3.63) is 81.4 Å². The molecule has 0 aromatic heterocycles. The topological polar surface area (TPSA) is 43.4 Å². The number of ether oxygens (including phenoxy) is 1. The first-order valence-electron chi connectivity index (χ1n) is 7.08. The van der Waals surface area contributed by atoms with Crippen LogP contribution in [0.1, 0.15) is 20.7 Å². The minimum Gasteiger partial charge on any atom is -0.454 e. The first kappa shape index (κ1) is 15.7. The minimum absolute atomic E-state index is 0.213. The Labute approximate surface area is 147 Å². The SMILES string of the molecule is O=C(COC(=O)c1cccc(I)c1)c1ccc2ccccc2c1. The second-order valence-electron chi connectivity index (χ2n) is 5.07. The van der Waals surface area contributed by atoms with E-state index in [9.17, 15) is 9.59 Å². The fraction of sp³-hybridized carbons (Fsp3) is 0.0526. The summed E-state index contributed by atoms with van der Waals surface area (Å²) in [6.07, 6.45) is 0. The number of fused-ring (bicyclic) bond motifs is 1. The van der Waals surface area contributed by atoms with E-state index in [4.69, 9.17) is 4.74 Å². The van der Waals surface area contributed by atoms with Crippen LogP contribution in [0.15, 0.2) is 66.7 Å². The standard InChI is InChI=1S/C19H13IO3/c20-17-7-3-6-16(11-17)19(22)23-12-18(21)15-9-8-13-4-1-2-5-14(13)10-15/h1-11H,12H2. The van der Waals surface area contributed by atoms with Gasteiger partial charge >= 0.3 is 5.97 Å². The summed E-state index contributed by atoms with van der Waals surface area (Å²) >= 11 is 2.12. The number of ketones is 1. The Balaban J connectivity index is 1.69. The molecular formula is C19H13IO3. The van der Waals surface area contributed by atoms with Gasteiger partial charge in [-0.3, -0.25) is 4.79 Å². The summed E-state index contributed by atoms with van der Waals surface area (Å²) in [5.74, 6) is -0.701. The van der Waals surface area contributed by atoms with Crippen molar-refractivity contribution >= 4 is 45.1 Å².